The summed E-state index contributed by atoms with van der Waals surface area (Å²) in [5, 5.41) is 3.37. The fourth-order valence-corrected chi connectivity index (χ4v) is 6.51. The van der Waals surface area contributed by atoms with Crippen LogP contribution in [0.4, 0.5) is 11.6 Å². The van der Waals surface area contributed by atoms with Gasteiger partial charge in [0.05, 0.1) is 17.1 Å². The summed E-state index contributed by atoms with van der Waals surface area (Å²) in [5.74, 6) is 1.16. The molecule has 206 valence electrons. The van der Waals surface area contributed by atoms with E-state index in [0.717, 1.165) is 45.6 Å². The molecule has 0 saturated heterocycles. The molecule has 0 fully saturated rings. The van der Waals surface area contributed by atoms with Crippen LogP contribution in [-0.4, -0.2) is 30.5 Å². The zero-order valence-corrected chi connectivity index (χ0v) is 24.0. The highest BCUT2D eigenvalue weighted by molar-refractivity contribution is 7.92. The van der Waals surface area contributed by atoms with Crippen molar-refractivity contribution in [1.29, 1.82) is 0 Å². The predicted molar refractivity (Wildman–Crippen MR) is 156 cm³/mol. The first-order valence-corrected chi connectivity index (χ1v) is 14.8. The molecule has 3 aromatic carbocycles. The van der Waals surface area contributed by atoms with Gasteiger partial charge in [0.2, 0.25) is 11.8 Å². The van der Waals surface area contributed by atoms with Crippen LogP contribution >= 0.6 is 0 Å². The number of hydrogen-bond donors (Lipinski definition) is 2. The van der Waals surface area contributed by atoms with Gasteiger partial charge in [-0.15, -0.1) is 0 Å². The number of nitrogens with one attached hydrogen (secondary N) is 2. The lowest BCUT2D eigenvalue weighted by atomic mass is 9.96. The van der Waals surface area contributed by atoms with Crippen LogP contribution in [0.15, 0.2) is 65.6 Å². The fourth-order valence-electron chi connectivity index (χ4n) is 5.53. The summed E-state index contributed by atoms with van der Waals surface area (Å²) >= 11 is 0. The van der Waals surface area contributed by atoms with Crippen LogP contribution in [-0.2, 0) is 16.4 Å². The van der Waals surface area contributed by atoms with Crippen molar-refractivity contribution in [2.75, 3.05) is 16.6 Å². The van der Waals surface area contributed by atoms with Gasteiger partial charge in [-0.1, -0.05) is 24.3 Å². The number of fused-ring (bicyclic) bond motifs is 5. The lowest BCUT2D eigenvalue weighted by Gasteiger charge is -2.23. The zero-order chi connectivity index (χ0) is 28.2. The zero-order valence-electron chi connectivity index (χ0n) is 23.2. The molecule has 2 N–H and O–H groups in total. The molecule has 1 aromatic heterocycles. The number of anilines is 2. The normalized spacial score (nSPS) is 18.6. The molecular weight excluding hydrogens is 524 g/mol. The van der Waals surface area contributed by atoms with Crippen molar-refractivity contribution in [2.45, 2.75) is 57.6 Å². The van der Waals surface area contributed by atoms with E-state index in [1.165, 1.54) is 0 Å². The van der Waals surface area contributed by atoms with E-state index in [4.69, 9.17) is 9.47 Å². The Morgan fingerprint density at radius 1 is 0.925 bits per heavy atom. The van der Waals surface area contributed by atoms with Crippen molar-refractivity contribution in [1.82, 2.24) is 9.97 Å². The van der Waals surface area contributed by atoms with Crippen LogP contribution in [0.25, 0.3) is 11.3 Å². The Morgan fingerprint density at radius 3 is 2.45 bits per heavy atom. The van der Waals surface area contributed by atoms with E-state index in [1.54, 1.807) is 24.3 Å². The van der Waals surface area contributed by atoms with Gasteiger partial charge in [-0.2, -0.15) is 4.98 Å². The molecule has 0 spiro atoms. The van der Waals surface area contributed by atoms with Gasteiger partial charge in [-0.05, 0) is 92.8 Å². The number of sulfonamides is 1. The van der Waals surface area contributed by atoms with Crippen molar-refractivity contribution < 1.29 is 17.9 Å². The Morgan fingerprint density at radius 2 is 1.68 bits per heavy atom. The highest BCUT2D eigenvalue weighted by Crippen LogP contribution is 2.40. The lowest BCUT2D eigenvalue weighted by Crippen LogP contribution is -2.24. The number of benzene rings is 3. The summed E-state index contributed by atoms with van der Waals surface area (Å²) in [4.78, 5) is 9.24. The Hall–Kier alpha value is -4.11. The van der Waals surface area contributed by atoms with Gasteiger partial charge in [0, 0.05) is 23.7 Å². The highest BCUT2D eigenvalue weighted by atomic mass is 32.2. The van der Waals surface area contributed by atoms with Crippen molar-refractivity contribution in [3.63, 3.8) is 0 Å². The molecule has 40 heavy (non-hydrogen) atoms. The third-order valence-corrected chi connectivity index (χ3v) is 8.63. The van der Waals surface area contributed by atoms with Gasteiger partial charge in [0.25, 0.3) is 10.0 Å². The second-order valence-corrected chi connectivity index (χ2v) is 12.8. The number of rotatable bonds is 2. The monoisotopic (exact) mass is 556 g/mol. The van der Waals surface area contributed by atoms with E-state index in [2.05, 4.69) is 46.0 Å². The number of aryl methyl sites for hydroxylation is 3. The average molecular weight is 557 g/mol. The second-order valence-electron chi connectivity index (χ2n) is 11.2. The molecule has 0 aliphatic carbocycles. The molecule has 2 aliphatic heterocycles. The molecule has 3 heterocycles. The highest BCUT2D eigenvalue weighted by Gasteiger charge is 2.32. The first kappa shape index (κ1) is 26.1. The molecule has 0 saturated carbocycles. The molecule has 8 nitrogen and oxygen atoms in total. The van der Waals surface area contributed by atoms with E-state index in [1.807, 2.05) is 45.0 Å². The van der Waals surface area contributed by atoms with Crippen LogP contribution in [0, 0.1) is 20.8 Å². The van der Waals surface area contributed by atoms with Crippen molar-refractivity contribution in [2.24, 2.45) is 0 Å². The Kier molecular flexibility index (Phi) is 6.22. The van der Waals surface area contributed by atoms with Gasteiger partial charge in [0.15, 0.2) is 0 Å². The van der Waals surface area contributed by atoms with E-state index in [0.29, 0.717) is 17.9 Å². The largest absolute Gasteiger partial charge is 0.487 e. The summed E-state index contributed by atoms with van der Waals surface area (Å²) in [6.07, 6.45) is 0.371. The minimum atomic E-state index is -3.94. The van der Waals surface area contributed by atoms with Gasteiger partial charge in [-0.25, -0.2) is 18.1 Å². The van der Waals surface area contributed by atoms with E-state index >= 15 is 0 Å². The van der Waals surface area contributed by atoms with Crippen LogP contribution in [0.1, 0.15) is 47.8 Å². The SMILES string of the molecule is Cc1cc(C2CNc3cccc(c3)S(=O)(=O)Nc3nc(cc(-c4c(C)cccc4C)n3)O2)cc2c1OC(C)(C)C2. The maximum atomic E-state index is 13.3. The predicted octanol–water partition coefficient (Wildman–Crippen LogP) is 6.13. The summed E-state index contributed by atoms with van der Waals surface area (Å²) in [6, 6.07) is 18.7. The first-order valence-electron chi connectivity index (χ1n) is 13.3. The standard InChI is InChI=1S/C31H32N4O4S/c1-18-8-6-9-19(2)28(18)25-15-27-34-30(33-25)35-40(36,37)24-11-7-10-23(14-24)32-17-26(38-27)21-12-20(3)29-22(13-21)16-31(4,5)39-29/h6-15,26,32H,16-17H2,1-5H3,(H,33,34,35). The van der Waals surface area contributed by atoms with E-state index in [-0.39, 0.29) is 22.3 Å². The second kappa shape index (κ2) is 9.52. The Labute approximate surface area is 234 Å². The van der Waals surface area contributed by atoms with Gasteiger partial charge < -0.3 is 14.8 Å². The van der Waals surface area contributed by atoms with Crippen molar-refractivity contribution in [3.05, 3.63) is 88.5 Å². The van der Waals surface area contributed by atoms with Crippen molar-refractivity contribution >= 4 is 21.7 Å². The fraction of sp³-hybridized carbons (Fsp3) is 0.290. The molecule has 1 atom stereocenters. The summed E-state index contributed by atoms with van der Waals surface area (Å²) < 4.78 is 41.9. The van der Waals surface area contributed by atoms with E-state index < -0.39 is 16.1 Å². The number of nitrogens with zero attached hydrogens (tertiary/aromatic N) is 2. The Bertz CT molecular complexity index is 1730. The maximum Gasteiger partial charge on any atom is 0.264 e. The first-order chi connectivity index (χ1) is 19.0. The van der Waals surface area contributed by atoms with Gasteiger partial charge in [-0.3, -0.25) is 0 Å². The van der Waals surface area contributed by atoms with Crippen LogP contribution in [0.3, 0.4) is 0 Å². The molecule has 6 rings (SSSR count). The summed E-state index contributed by atoms with van der Waals surface area (Å²) in [6.45, 7) is 10.6. The molecular formula is C31H32N4O4S. The molecule has 2 aliphatic rings. The molecule has 4 bridgehead atoms. The number of hydrogen-bond acceptors (Lipinski definition) is 7. The van der Waals surface area contributed by atoms with Gasteiger partial charge in [0.1, 0.15) is 17.5 Å². The van der Waals surface area contributed by atoms with Crippen LogP contribution in [0.5, 0.6) is 11.6 Å². The summed E-state index contributed by atoms with van der Waals surface area (Å²) in [7, 11) is -3.94. The van der Waals surface area contributed by atoms with E-state index in [9.17, 15) is 8.42 Å². The topological polar surface area (TPSA) is 102 Å². The molecule has 1 unspecified atom stereocenters. The smallest absolute Gasteiger partial charge is 0.264 e. The molecule has 0 radical (unpaired) electrons. The quantitative estimate of drug-likeness (QED) is 0.306. The number of aromatic nitrogens is 2. The minimum absolute atomic E-state index is 0.0480. The maximum absolute atomic E-state index is 13.3. The minimum Gasteiger partial charge on any atom is -0.487 e. The molecule has 0 amide bonds. The molecule has 9 heteroatoms. The third kappa shape index (κ3) is 4.97. The summed E-state index contributed by atoms with van der Waals surface area (Å²) in [5.41, 5.74) is 7.09. The van der Waals surface area contributed by atoms with Gasteiger partial charge >= 0.3 is 0 Å². The Balaban J connectivity index is 1.50. The van der Waals surface area contributed by atoms with Crippen molar-refractivity contribution in [3.8, 4) is 22.9 Å². The van der Waals surface area contributed by atoms with Crippen LogP contribution in [0.2, 0.25) is 0 Å². The molecule has 4 aromatic rings. The van der Waals surface area contributed by atoms with Crippen LogP contribution < -0.4 is 19.5 Å². The number of ether oxygens (including phenoxy) is 2. The lowest BCUT2D eigenvalue weighted by molar-refractivity contribution is 0.137. The average Bonchev–Trinajstić information content (AvgIpc) is 3.20. The third-order valence-electron chi connectivity index (χ3n) is 7.30.